The molecule has 0 aliphatic heterocycles. The number of aryl methyl sites for hydroxylation is 1. The molecule has 1 aromatic carbocycles. The summed E-state index contributed by atoms with van der Waals surface area (Å²) in [6.45, 7) is 4.44. The molecule has 0 bridgehead atoms. The molecule has 3 heteroatoms. The van der Waals surface area contributed by atoms with E-state index in [-0.39, 0.29) is 5.91 Å². The van der Waals surface area contributed by atoms with Crippen molar-refractivity contribution in [2.24, 2.45) is 0 Å². The summed E-state index contributed by atoms with van der Waals surface area (Å²) in [5.74, 6) is 0.383. The average molecular weight is 221 g/mol. The van der Waals surface area contributed by atoms with Crippen LogP contribution in [-0.2, 0) is 11.3 Å². The highest BCUT2D eigenvalue weighted by Gasteiger charge is 2.01. The molecule has 88 valence electrons. The Morgan fingerprint density at radius 3 is 2.81 bits per heavy atom. The second kappa shape index (κ2) is 6.16. The third kappa shape index (κ3) is 3.93. The number of phenols is 1. The van der Waals surface area contributed by atoms with Crippen LogP contribution < -0.4 is 5.32 Å². The van der Waals surface area contributed by atoms with Gasteiger partial charge in [-0.3, -0.25) is 4.79 Å². The molecule has 1 aromatic rings. The van der Waals surface area contributed by atoms with Crippen molar-refractivity contribution in [3.05, 3.63) is 29.3 Å². The van der Waals surface area contributed by atoms with E-state index < -0.39 is 0 Å². The molecule has 0 radical (unpaired) electrons. The zero-order valence-corrected chi connectivity index (χ0v) is 9.92. The second-order valence-electron chi connectivity index (χ2n) is 4.00. The van der Waals surface area contributed by atoms with Crippen molar-refractivity contribution in [3.63, 3.8) is 0 Å². The molecule has 0 aromatic heterocycles. The maximum Gasteiger partial charge on any atom is 0.220 e. The summed E-state index contributed by atoms with van der Waals surface area (Å²) < 4.78 is 0. The monoisotopic (exact) mass is 221 g/mol. The first-order valence-corrected chi connectivity index (χ1v) is 5.68. The van der Waals surface area contributed by atoms with E-state index >= 15 is 0 Å². The molecule has 0 atom stereocenters. The molecule has 0 aliphatic rings. The number of amides is 1. The van der Waals surface area contributed by atoms with Crippen molar-refractivity contribution in [3.8, 4) is 5.75 Å². The Kier molecular flexibility index (Phi) is 4.83. The second-order valence-corrected chi connectivity index (χ2v) is 4.00. The zero-order chi connectivity index (χ0) is 12.0. The molecule has 0 fully saturated rings. The van der Waals surface area contributed by atoms with Crippen molar-refractivity contribution in [1.82, 2.24) is 5.32 Å². The molecular weight excluding hydrogens is 202 g/mol. The van der Waals surface area contributed by atoms with Gasteiger partial charge < -0.3 is 10.4 Å². The van der Waals surface area contributed by atoms with E-state index in [0.717, 1.165) is 24.0 Å². The van der Waals surface area contributed by atoms with Gasteiger partial charge in [-0.15, -0.1) is 0 Å². The van der Waals surface area contributed by atoms with E-state index in [4.69, 9.17) is 0 Å². The Morgan fingerprint density at radius 2 is 2.19 bits per heavy atom. The number of carbonyl (C=O) groups excluding carboxylic acids is 1. The first-order valence-electron chi connectivity index (χ1n) is 5.68. The predicted octanol–water partition coefficient (Wildman–Crippen LogP) is 2.51. The van der Waals surface area contributed by atoms with E-state index in [1.54, 1.807) is 6.07 Å². The van der Waals surface area contributed by atoms with Gasteiger partial charge in [-0.1, -0.05) is 25.5 Å². The molecule has 0 unspecified atom stereocenters. The number of benzene rings is 1. The van der Waals surface area contributed by atoms with Crippen LogP contribution in [0.3, 0.4) is 0 Å². The molecule has 1 rings (SSSR count). The zero-order valence-electron chi connectivity index (χ0n) is 9.92. The topological polar surface area (TPSA) is 49.3 Å². The largest absolute Gasteiger partial charge is 0.508 e. The summed E-state index contributed by atoms with van der Waals surface area (Å²) in [5.41, 5.74) is 1.85. The van der Waals surface area contributed by atoms with Gasteiger partial charge in [0.15, 0.2) is 0 Å². The third-order valence-electron chi connectivity index (χ3n) is 2.51. The number of hydrogen-bond acceptors (Lipinski definition) is 2. The Morgan fingerprint density at radius 1 is 1.44 bits per heavy atom. The Balaban J connectivity index is 2.42. The number of hydrogen-bond donors (Lipinski definition) is 2. The Bertz CT molecular complexity index is 361. The van der Waals surface area contributed by atoms with Crippen molar-refractivity contribution in [2.45, 2.75) is 39.7 Å². The van der Waals surface area contributed by atoms with Gasteiger partial charge in [-0.25, -0.2) is 0 Å². The van der Waals surface area contributed by atoms with Gasteiger partial charge >= 0.3 is 0 Å². The standard InChI is InChI=1S/C13H19NO2/c1-3-4-5-13(16)14-9-11-6-7-12(15)10(2)8-11/h6-8,15H,3-5,9H2,1-2H3,(H,14,16). The number of phenolic OH excluding ortho intramolecular Hbond substituents is 1. The molecule has 0 heterocycles. The highest BCUT2D eigenvalue weighted by Crippen LogP contribution is 2.16. The van der Waals surface area contributed by atoms with Crippen LogP contribution in [0.15, 0.2) is 18.2 Å². The highest BCUT2D eigenvalue weighted by atomic mass is 16.3. The van der Waals surface area contributed by atoms with Crippen molar-refractivity contribution in [1.29, 1.82) is 0 Å². The quantitative estimate of drug-likeness (QED) is 0.802. The summed E-state index contributed by atoms with van der Waals surface area (Å²) >= 11 is 0. The van der Waals surface area contributed by atoms with E-state index in [1.165, 1.54) is 0 Å². The van der Waals surface area contributed by atoms with Crippen LogP contribution in [0.5, 0.6) is 5.75 Å². The predicted molar refractivity (Wildman–Crippen MR) is 64.2 cm³/mol. The molecule has 3 nitrogen and oxygen atoms in total. The molecule has 2 N–H and O–H groups in total. The van der Waals surface area contributed by atoms with Gasteiger partial charge in [-0.2, -0.15) is 0 Å². The van der Waals surface area contributed by atoms with Crippen LogP contribution >= 0.6 is 0 Å². The SMILES string of the molecule is CCCCC(=O)NCc1ccc(O)c(C)c1. The molecule has 0 aliphatic carbocycles. The fraction of sp³-hybridized carbons (Fsp3) is 0.462. The molecular formula is C13H19NO2. The van der Waals surface area contributed by atoms with Gasteiger partial charge in [0, 0.05) is 13.0 Å². The van der Waals surface area contributed by atoms with Crippen LogP contribution in [0, 0.1) is 6.92 Å². The molecule has 16 heavy (non-hydrogen) atoms. The molecule has 0 saturated heterocycles. The summed E-state index contributed by atoms with van der Waals surface area (Å²) in [5, 5.41) is 12.2. The average Bonchev–Trinajstić information content (AvgIpc) is 2.28. The normalized spacial score (nSPS) is 10.1. The fourth-order valence-electron chi connectivity index (χ4n) is 1.45. The maximum atomic E-state index is 11.4. The van der Waals surface area contributed by atoms with Gasteiger partial charge in [0.25, 0.3) is 0 Å². The number of carbonyl (C=O) groups is 1. The lowest BCUT2D eigenvalue weighted by atomic mass is 10.1. The maximum absolute atomic E-state index is 11.4. The van der Waals surface area contributed by atoms with Crippen LogP contribution in [0.25, 0.3) is 0 Å². The molecule has 0 saturated carbocycles. The van der Waals surface area contributed by atoms with Crippen LogP contribution in [-0.4, -0.2) is 11.0 Å². The first-order chi connectivity index (χ1) is 7.63. The van der Waals surface area contributed by atoms with Gasteiger partial charge in [0.05, 0.1) is 0 Å². The lowest BCUT2D eigenvalue weighted by Crippen LogP contribution is -2.22. The van der Waals surface area contributed by atoms with Crippen LogP contribution in [0.4, 0.5) is 0 Å². The Labute approximate surface area is 96.5 Å². The highest BCUT2D eigenvalue weighted by molar-refractivity contribution is 5.75. The van der Waals surface area contributed by atoms with Gasteiger partial charge in [0.1, 0.15) is 5.75 Å². The summed E-state index contributed by atoms with van der Waals surface area (Å²) in [6, 6.07) is 5.36. The van der Waals surface area contributed by atoms with E-state index in [2.05, 4.69) is 12.2 Å². The number of rotatable bonds is 5. The minimum Gasteiger partial charge on any atom is -0.508 e. The van der Waals surface area contributed by atoms with Gasteiger partial charge in [-0.05, 0) is 30.5 Å². The van der Waals surface area contributed by atoms with E-state index in [0.29, 0.717) is 18.7 Å². The number of aromatic hydroxyl groups is 1. The van der Waals surface area contributed by atoms with Crippen LogP contribution in [0.1, 0.15) is 37.3 Å². The summed E-state index contributed by atoms with van der Waals surface area (Å²) in [7, 11) is 0. The third-order valence-corrected chi connectivity index (χ3v) is 2.51. The van der Waals surface area contributed by atoms with Crippen molar-refractivity contribution >= 4 is 5.91 Å². The smallest absolute Gasteiger partial charge is 0.220 e. The minimum atomic E-state index is 0.0904. The van der Waals surface area contributed by atoms with Gasteiger partial charge in [0.2, 0.25) is 5.91 Å². The minimum absolute atomic E-state index is 0.0904. The lowest BCUT2D eigenvalue weighted by molar-refractivity contribution is -0.121. The van der Waals surface area contributed by atoms with Crippen molar-refractivity contribution < 1.29 is 9.90 Å². The fourth-order valence-corrected chi connectivity index (χ4v) is 1.45. The van der Waals surface area contributed by atoms with Crippen molar-refractivity contribution in [2.75, 3.05) is 0 Å². The Hall–Kier alpha value is -1.51. The summed E-state index contributed by atoms with van der Waals surface area (Å²) in [6.07, 6.45) is 2.56. The van der Waals surface area contributed by atoms with Crippen LogP contribution in [0.2, 0.25) is 0 Å². The van der Waals surface area contributed by atoms with E-state index in [9.17, 15) is 9.90 Å². The number of nitrogens with one attached hydrogen (secondary N) is 1. The number of unbranched alkanes of at least 4 members (excludes halogenated alkanes) is 1. The molecule has 1 amide bonds. The summed E-state index contributed by atoms with van der Waals surface area (Å²) in [4.78, 5) is 11.4. The van der Waals surface area contributed by atoms with E-state index in [1.807, 2.05) is 19.1 Å². The molecule has 0 spiro atoms. The first kappa shape index (κ1) is 12.6. The lowest BCUT2D eigenvalue weighted by Gasteiger charge is -2.06.